The Morgan fingerprint density at radius 3 is 2.45 bits per heavy atom. The molecule has 0 aliphatic heterocycles. The van der Waals surface area contributed by atoms with Crippen LogP contribution < -0.4 is 10.5 Å². The van der Waals surface area contributed by atoms with Gasteiger partial charge in [-0.05, 0) is 54.9 Å². The molecule has 20 heavy (non-hydrogen) atoms. The molecule has 1 atom stereocenters. The molecule has 4 nitrogen and oxygen atoms in total. The smallest absolute Gasteiger partial charge is 0.240 e. The Labute approximate surface area is 121 Å². The highest BCUT2D eigenvalue weighted by Gasteiger charge is 2.22. The fraction of sp³-hybridized carbons (Fsp3) is 0.600. The lowest BCUT2D eigenvalue weighted by molar-refractivity contribution is 0.454. The SMILES string of the molecule is CC(C)C(CN)NS(=O)(=O)c1ccc2c(c1)CCCC2. The van der Waals surface area contributed by atoms with Crippen molar-refractivity contribution in [3.8, 4) is 0 Å². The normalized spacial score (nSPS) is 17.0. The van der Waals surface area contributed by atoms with Crippen LogP contribution in [0.4, 0.5) is 0 Å². The Morgan fingerprint density at radius 1 is 1.20 bits per heavy atom. The Morgan fingerprint density at radius 2 is 1.85 bits per heavy atom. The minimum Gasteiger partial charge on any atom is -0.329 e. The van der Waals surface area contributed by atoms with Crippen LogP contribution in [0.25, 0.3) is 0 Å². The highest BCUT2D eigenvalue weighted by Crippen LogP contribution is 2.24. The van der Waals surface area contributed by atoms with Gasteiger partial charge in [-0.25, -0.2) is 13.1 Å². The first-order valence-corrected chi connectivity index (χ1v) is 8.76. The maximum Gasteiger partial charge on any atom is 0.240 e. The van der Waals surface area contributed by atoms with Crippen molar-refractivity contribution in [1.82, 2.24) is 4.72 Å². The number of fused-ring (bicyclic) bond motifs is 1. The van der Waals surface area contributed by atoms with E-state index in [1.807, 2.05) is 26.0 Å². The van der Waals surface area contributed by atoms with Crippen LogP contribution >= 0.6 is 0 Å². The Kier molecular flexibility index (Phi) is 4.83. The van der Waals surface area contributed by atoms with Crippen molar-refractivity contribution in [2.45, 2.75) is 50.5 Å². The lowest BCUT2D eigenvalue weighted by Crippen LogP contribution is -2.43. The zero-order chi connectivity index (χ0) is 14.8. The zero-order valence-electron chi connectivity index (χ0n) is 12.2. The number of aryl methyl sites for hydroxylation is 2. The molecule has 1 aliphatic carbocycles. The molecule has 0 saturated heterocycles. The molecule has 0 fully saturated rings. The van der Waals surface area contributed by atoms with Crippen LogP contribution in [0.15, 0.2) is 23.1 Å². The summed E-state index contributed by atoms with van der Waals surface area (Å²) in [4.78, 5) is 0.359. The first-order chi connectivity index (χ1) is 9.44. The van der Waals surface area contributed by atoms with Gasteiger partial charge in [-0.15, -0.1) is 0 Å². The summed E-state index contributed by atoms with van der Waals surface area (Å²) in [5.41, 5.74) is 8.10. The maximum absolute atomic E-state index is 12.4. The number of nitrogens with two attached hydrogens (primary N) is 1. The van der Waals surface area contributed by atoms with Crippen LogP contribution in [0.5, 0.6) is 0 Å². The third-order valence-electron chi connectivity index (χ3n) is 4.00. The molecule has 0 heterocycles. The van der Waals surface area contributed by atoms with Crippen molar-refractivity contribution in [3.63, 3.8) is 0 Å². The predicted molar refractivity (Wildman–Crippen MR) is 81.1 cm³/mol. The predicted octanol–water partition coefficient (Wildman–Crippen LogP) is 1.83. The van der Waals surface area contributed by atoms with E-state index in [4.69, 9.17) is 5.73 Å². The molecule has 0 radical (unpaired) electrons. The van der Waals surface area contributed by atoms with E-state index in [1.54, 1.807) is 6.07 Å². The van der Waals surface area contributed by atoms with Gasteiger partial charge in [-0.2, -0.15) is 0 Å². The highest BCUT2D eigenvalue weighted by atomic mass is 32.2. The summed E-state index contributed by atoms with van der Waals surface area (Å²) in [7, 11) is -3.48. The first-order valence-electron chi connectivity index (χ1n) is 7.28. The Balaban J connectivity index is 2.25. The molecule has 1 aromatic rings. The summed E-state index contributed by atoms with van der Waals surface area (Å²) in [5.74, 6) is 0.174. The van der Waals surface area contributed by atoms with E-state index in [-0.39, 0.29) is 12.0 Å². The number of hydrogen-bond donors (Lipinski definition) is 2. The van der Waals surface area contributed by atoms with Gasteiger partial charge in [0.15, 0.2) is 0 Å². The number of benzene rings is 1. The van der Waals surface area contributed by atoms with E-state index in [1.165, 1.54) is 17.5 Å². The highest BCUT2D eigenvalue weighted by molar-refractivity contribution is 7.89. The van der Waals surface area contributed by atoms with Gasteiger partial charge in [-0.1, -0.05) is 19.9 Å². The van der Waals surface area contributed by atoms with Gasteiger partial charge >= 0.3 is 0 Å². The summed E-state index contributed by atoms with van der Waals surface area (Å²) < 4.78 is 27.6. The van der Waals surface area contributed by atoms with Crippen molar-refractivity contribution in [2.75, 3.05) is 6.54 Å². The average Bonchev–Trinajstić information content (AvgIpc) is 2.44. The second-order valence-electron chi connectivity index (χ2n) is 5.85. The molecule has 112 valence electrons. The molecule has 3 N–H and O–H groups in total. The quantitative estimate of drug-likeness (QED) is 0.870. The van der Waals surface area contributed by atoms with Crippen molar-refractivity contribution in [1.29, 1.82) is 0 Å². The number of rotatable bonds is 5. The molecule has 2 rings (SSSR count). The number of sulfonamides is 1. The molecule has 1 aliphatic rings. The van der Waals surface area contributed by atoms with E-state index in [2.05, 4.69) is 4.72 Å². The summed E-state index contributed by atoms with van der Waals surface area (Å²) in [6, 6.07) is 5.26. The largest absolute Gasteiger partial charge is 0.329 e. The van der Waals surface area contributed by atoms with Crippen molar-refractivity contribution >= 4 is 10.0 Å². The maximum atomic E-state index is 12.4. The molecule has 5 heteroatoms. The molecular weight excluding hydrogens is 272 g/mol. The monoisotopic (exact) mass is 296 g/mol. The standard InChI is InChI=1S/C15H24N2O2S/c1-11(2)15(10-16)17-20(18,19)14-8-7-12-5-3-4-6-13(12)9-14/h7-9,11,15,17H,3-6,10,16H2,1-2H3. The minimum atomic E-state index is -3.48. The molecule has 1 aromatic carbocycles. The molecule has 0 amide bonds. The van der Waals surface area contributed by atoms with E-state index < -0.39 is 10.0 Å². The van der Waals surface area contributed by atoms with Gasteiger partial charge in [0.2, 0.25) is 10.0 Å². The van der Waals surface area contributed by atoms with Crippen LogP contribution in [-0.2, 0) is 22.9 Å². The third kappa shape index (κ3) is 3.40. The van der Waals surface area contributed by atoms with Crippen LogP contribution in [0.1, 0.15) is 37.8 Å². The van der Waals surface area contributed by atoms with Gasteiger partial charge in [0.1, 0.15) is 0 Å². The second-order valence-corrected chi connectivity index (χ2v) is 7.56. The summed E-state index contributed by atoms with van der Waals surface area (Å²) in [5, 5.41) is 0. The second kappa shape index (κ2) is 6.24. The van der Waals surface area contributed by atoms with Crippen LogP contribution in [0.2, 0.25) is 0 Å². The number of nitrogens with one attached hydrogen (secondary N) is 1. The molecular formula is C15H24N2O2S. The Bertz CT molecular complexity index is 567. The van der Waals surface area contributed by atoms with Crippen LogP contribution in [0, 0.1) is 5.92 Å². The van der Waals surface area contributed by atoms with E-state index in [0.29, 0.717) is 11.4 Å². The first kappa shape index (κ1) is 15.5. The fourth-order valence-corrected chi connectivity index (χ4v) is 4.05. The van der Waals surface area contributed by atoms with Gasteiger partial charge in [0, 0.05) is 12.6 Å². The number of hydrogen-bond acceptors (Lipinski definition) is 3. The van der Waals surface area contributed by atoms with Gasteiger partial charge < -0.3 is 5.73 Å². The summed E-state index contributed by atoms with van der Waals surface area (Å²) in [6.07, 6.45) is 4.37. The fourth-order valence-electron chi connectivity index (χ4n) is 2.60. The van der Waals surface area contributed by atoms with E-state index in [9.17, 15) is 8.42 Å². The zero-order valence-corrected chi connectivity index (χ0v) is 13.0. The van der Waals surface area contributed by atoms with E-state index >= 15 is 0 Å². The topological polar surface area (TPSA) is 72.2 Å². The van der Waals surface area contributed by atoms with Crippen molar-refractivity contribution < 1.29 is 8.42 Å². The van der Waals surface area contributed by atoms with Crippen LogP contribution in [-0.4, -0.2) is 21.0 Å². The van der Waals surface area contributed by atoms with Crippen LogP contribution in [0.3, 0.4) is 0 Å². The van der Waals surface area contributed by atoms with Gasteiger partial charge in [0.05, 0.1) is 4.90 Å². The van der Waals surface area contributed by atoms with E-state index in [0.717, 1.165) is 19.3 Å². The van der Waals surface area contributed by atoms with Crippen molar-refractivity contribution in [3.05, 3.63) is 29.3 Å². The summed E-state index contributed by atoms with van der Waals surface area (Å²) >= 11 is 0. The molecule has 0 bridgehead atoms. The average molecular weight is 296 g/mol. The lowest BCUT2D eigenvalue weighted by atomic mass is 9.92. The van der Waals surface area contributed by atoms with Gasteiger partial charge in [-0.3, -0.25) is 0 Å². The summed E-state index contributed by atoms with van der Waals surface area (Å²) in [6.45, 7) is 4.24. The lowest BCUT2D eigenvalue weighted by Gasteiger charge is -2.21. The van der Waals surface area contributed by atoms with Crippen molar-refractivity contribution in [2.24, 2.45) is 11.7 Å². The Hall–Kier alpha value is -0.910. The molecule has 0 saturated carbocycles. The van der Waals surface area contributed by atoms with Gasteiger partial charge in [0.25, 0.3) is 0 Å². The minimum absolute atomic E-state index is 0.174. The molecule has 1 unspecified atom stereocenters. The molecule has 0 aromatic heterocycles. The molecule has 0 spiro atoms. The third-order valence-corrected chi connectivity index (χ3v) is 5.48.